The van der Waals surface area contributed by atoms with Crippen molar-refractivity contribution in [3.63, 3.8) is 0 Å². The molecular weight excluding hydrogens is 288 g/mol. The van der Waals surface area contributed by atoms with Crippen LogP contribution in [0.3, 0.4) is 0 Å². The summed E-state index contributed by atoms with van der Waals surface area (Å²) in [5.74, 6) is -0.542. The number of ether oxygens (including phenoxy) is 1. The van der Waals surface area contributed by atoms with Gasteiger partial charge in [-0.3, -0.25) is 4.79 Å². The smallest absolute Gasteiger partial charge is 0.338 e. The highest BCUT2D eigenvalue weighted by molar-refractivity contribution is 8.14. The molecule has 0 aliphatic heterocycles. The Morgan fingerprint density at radius 1 is 1.24 bits per heavy atom. The van der Waals surface area contributed by atoms with Gasteiger partial charge in [0.05, 0.1) is 12.7 Å². The van der Waals surface area contributed by atoms with E-state index < -0.39 is 12.1 Å². The van der Waals surface area contributed by atoms with Crippen molar-refractivity contribution in [1.82, 2.24) is 0 Å². The van der Waals surface area contributed by atoms with Crippen LogP contribution in [0, 0.1) is 0 Å². The first-order valence-electron chi connectivity index (χ1n) is 7.19. The number of benzene rings is 1. The predicted octanol–water partition coefficient (Wildman–Crippen LogP) is 3.10. The molecule has 0 radical (unpaired) electrons. The van der Waals surface area contributed by atoms with Crippen molar-refractivity contribution < 1.29 is 19.4 Å². The summed E-state index contributed by atoms with van der Waals surface area (Å²) in [6, 6.07) is 6.53. The molecule has 0 saturated heterocycles. The Balaban J connectivity index is 2.09. The van der Waals surface area contributed by atoms with Gasteiger partial charge in [-0.05, 0) is 18.9 Å². The molecule has 1 fully saturated rings. The average Bonchev–Trinajstić information content (AvgIpc) is 2.54. The highest BCUT2D eigenvalue weighted by Gasteiger charge is 2.27. The monoisotopic (exact) mass is 308 g/mol. The zero-order valence-corrected chi connectivity index (χ0v) is 12.9. The molecule has 0 spiro atoms. The summed E-state index contributed by atoms with van der Waals surface area (Å²) in [6.07, 6.45) is 4.24. The Bertz CT molecular complexity index is 509. The minimum atomic E-state index is -1.28. The van der Waals surface area contributed by atoms with Crippen LogP contribution >= 0.6 is 11.8 Å². The Kier molecular flexibility index (Phi) is 5.82. The Morgan fingerprint density at radius 2 is 1.90 bits per heavy atom. The van der Waals surface area contributed by atoms with E-state index in [9.17, 15) is 14.7 Å². The van der Waals surface area contributed by atoms with Crippen LogP contribution in [-0.2, 0) is 9.53 Å². The van der Waals surface area contributed by atoms with Crippen molar-refractivity contribution in [2.24, 2.45) is 0 Å². The Morgan fingerprint density at radius 3 is 2.57 bits per heavy atom. The van der Waals surface area contributed by atoms with E-state index in [2.05, 4.69) is 4.74 Å². The summed E-state index contributed by atoms with van der Waals surface area (Å²) in [4.78, 5) is 23.9. The molecule has 1 aromatic rings. The lowest BCUT2D eigenvalue weighted by Crippen LogP contribution is -2.18. The normalized spacial score (nSPS) is 17.2. The minimum absolute atomic E-state index is 0.241. The molecule has 2 rings (SSSR count). The van der Waals surface area contributed by atoms with Crippen molar-refractivity contribution >= 4 is 22.8 Å². The van der Waals surface area contributed by atoms with Gasteiger partial charge in [0.1, 0.15) is 6.10 Å². The molecule has 1 saturated carbocycles. The van der Waals surface area contributed by atoms with Crippen LogP contribution in [0.25, 0.3) is 0 Å². The first kappa shape index (κ1) is 16.0. The van der Waals surface area contributed by atoms with E-state index in [0.29, 0.717) is 5.56 Å². The molecule has 0 unspecified atom stereocenters. The lowest BCUT2D eigenvalue weighted by Gasteiger charge is -2.21. The molecule has 1 N–H and O–H groups in total. The van der Waals surface area contributed by atoms with Gasteiger partial charge in [-0.2, -0.15) is 0 Å². The van der Waals surface area contributed by atoms with Crippen LogP contribution in [0.5, 0.6) is 0 Å². The van der Waals surface area contributed by atoms with Crippen molar-refractivity contribution in [3.8, 4) is 0 Å². The van der Waals surface area contributed by atoms with Crippen molar-refractivity contribution in [2.45, 2.75) is 43.5 Å². The standard InChI is InChI=1S/C16H20O4S/c1-20-15(18)13-10-6-5-9-12(13)14(17)16(19)21-11-7-3-2-4-8-11/h5-6,9-11,14,17H,2-4,7-8H2,1H3/t14-/m0/s1. The van der Waals surface area contributed by atoms with E-state index in [1.165, 1.54) is 25.3 Å². The van der Waals surface area contributed by atoms with Gasteiger partial charge in [-0.1, -0.05) is 49.2 Å². The molecule has 0 aromatic heterocycles. The molecule has 1 aromatic carbocycles. The summed E-state index contributed by atoms with van der Waals surface area (Å²) < 4.78 is 4.69. The first-order valence-corrected chi connectivity index (χ1v) is 8.07. The number of carbonyl (C=O) groups excluding carboxylic acids is 2. The molecular formula is C16H20O4S. The first-order chi connectivity index (χ1) is 10.1. The largest absolute Gasteiger partial charge is 0.465 e. The second kappa shape index (κ2) is 7.61. The number of aliphatic hydroxyl groups excluding tert-OH is 1. The Labute approximate surface area is 128 Å². The van der Waals surface area contributed by atoms with Crippen LogP contribution in [-0.4, -0.2) is 28.6 Å². The quantitative estimate of drug-likeness (QED) is 0.866. The zero-order valence-electron chi connectivity index (χ0n) is 12.1. The fourth-order valence-electron chi connectivity index (χ4n) is 2.57. The number of hydrogen-bond acceptors (Lipinski definition) is 5. The van der Waals surface area contributed by atoms with Gasteiger partial charge in [-0.15, -0.1) is 0 Å². The van der Waals surface area contributed by atoms with E-state index in [1.807, 2.05) is 0 Å². The van der Waals surface area contributed by atoms with E-state index in [0.717, 1.165) is 25.7 Å². The summed E-state index contributed by atoms with van der Waals surface area (Å²) in [7, 11) is 1.28. The number of esters is 1. The molecule has 0 bridgehead atoms. The topological polar surface area (TPSA) is 63.6 Å². The zero-order chi connectivity index (χ0) is 15.2. The fraction of sp³-hybridized carbons (Fsp3) is 0.500. The van der Waals surface area contributed by atoms with Gasteiger partial charge in [-0.25, -0.2) is 4.79 Å². The molecule has 0 heterocycles. The van der Waals surface area contributed by atoms with E-state index in [4.69, 9.17) is 0 Å². The average molecular weight is 308 g/mol. The SMILES string of the molecule is COC(=O)c1ccccc1[C@H](O)C(=O)SC1CCCCC1. The highest BCUT2D eigenvalue weighted by Crippen LogP contribution is 2.32. The van der Waals surface area contributed by atoms with Crippen molar-refractivity contribution in [1.29, 1.82) is 0 Å². The lowest BCUT2D eigenvalue weighted by atomic mass is 10.0. The molecule has 1 atom stereocenters. The maximum atomic E-state index is 12.2. The minimum Gasteiger partial charge on any atom is -0.465 e. The summed E-state index contributed by atoms with van der Waals surface area (Å²) in [5, 5.41) is 10.3. The molecule has 21 heavy (non-hydrogen) atoms. The lowest BCUT2D eigenvalue weighted by molar-refractivity contribution is -0.118. The molecule has 4 nitrogen and oxygen atoms in total. The second-order valence-corrected chi connectivity index (χ2v) is 6.48. The number of thioether (sulfide) groups is 1. The molecule has 5 heteroatoms. The third-order valence-electron chi connectivity index (χ3n) is 3.72. The van der Waals surface area contributed by atoms with Gasteiger partial charge in [0.25, 0.3) is 0 Å². The predicted molar refractivity (Wildman–Crippen MR) is 82.2 cm³/mol. The van der Waals surface area contributed by atoms with Crippen LogP contribution in [0.1, 0.15) is 54.1 Å². The fourth-order valence-corrected chi connectivity index (χ4v) is 3.72. The van der Waals surface area contributed by atoms with Gasteiger partial charge >= 0.3 is 5.97 Å². The van der Waals surface area contributed by atoms with E-state index in [-0.39, 0.29) is 15.9 Å². The highest BCUT2D eigenvalue weighted by atomic mass is 32.2. The van der Waals surface area contributed by atoms with Crippen molar-refractivity contribution in [2.75, 3.05) is 7.11 Å². The van der Waals surface area contributed by atoms with Crippen LogP contribution in [0.4, 0.5) is 0 Å². The number of hydrogen-bond donors (Lipinski definition) is 1. The number of carbonyl (C=O) groups is 2. The van der Waals surface area contributed by atoms with Gasteiger partial charge in [0.2, 0.25) is 5.12 Å². The van der Waals surface area contributed by atoms with Gasteiger partial charge in [0, 0.05) is 10.8 Å². The molecule has 0 amide bonds. The summed E-state index contributed by atoms with van der Waals surface area (Å²) >= 11 is 1.21. The van der Waals surface area contributed by atoms with Crippen LogP contribution in [0.15, 0.2) is 24.3 Å². The maximum absolute atomic E-state index is 12.2. The molecule has 1 aliphatic carbocycles. The Hall–Kier alpha value is -1.33. The van der Waals surface area contributed by atoms with E-state index >= 15 is 0 Å². The van der Waals surface area contributed by atoms with Crippen molar-refractivity contribution in [3.05, 3.63) is 35.4 Å². The number of rotatable bonds is 4. The maximum Gasteiger partial charge on any atom is 0.338 e. The molecule has 114 valence electrons. The number of aliphatic hydroxyl groups is 1. The summed E-state index contributed by atoms with van der Waals surface area (Å²) in [6.45, 7) is 0. The van der Waals surface area contributed by atoms with Gasteiger partial charge < -0.3 is 9.84 Å². The third kappa shape index (κ3) is 4.08. The molecule has 1 aliphatic rings. The second-order valence-electron chi connectivity index (χ2n) is 5.18. The third-order valence-corrected chi connectivity index (χ3v) is 4.98. The van der Waals surface area contributed by atoms with E-state index in [1.54, 1.807) is 24.3 Å². The summed E-state index contributed by atoms with van der Waals surface area (Å²) in [5.41, 5.74) is 0.558. The number of methoxy groups -OCH3 is 1. The van der Waals surface area contributed by atoms with Crippen LogP contribution in [0.2, 0.25) is 0 Å². The van der Waals surface area contributed by atoms with Crippen LogP contribution < -0.4 is 0 Å². The van der Waals surface area contributed by atoms with Gasteiger partial charge in [0.15, 0.2) is 0 Å².